The van der Waals surface area contributed by atoms with Crippen molar-refractivity contribution in [3.05, 3.63) is 53.6 Å². The van der Waals surface area contributed by atoms with Crippen LogP contribution in [0.2, 0.25) is 0 Å². The van der Waals surface area contributed by atoms with E-state index in [1.807, 2.05) is 56.3 Å². The highest BCUT2D eigenvalue weighted by Crippen LogP contribution is 2.55. The van der Waals surface area contributed by atoms with Crippen molar-refractivity contribution in [2.45, 2.75) is 153 Å². The third kappa shape index (κ3) is 19.9. The van der Waals surface area contributed by atoms with E-state index in [4.69, 9.17) is 27.8 Å². The van der Waals surface area contributed by atoms with Crippen molar-refractivity contribution in [2.75, 3.05) is 35.4 Å². The topological polar surface area (TPSA) is 180 Å². The number of benzene rings is 2. The van der Waals surface area contributed by atoms with Gasteiger partial charge in [-0.3, -0.25) is 13.8 Å². The molecule has 0 radical (unpaired) electrons. The standard InChI is InChI=1S/C46H75N4O11P/c1-17-34(35-20-23-38(50(26-29(2)3)27-30(4)5)37(24-35)48-43(53)47-36-21-18-33(10)19-22-36)25-39(51)58-42(32(8)9)59-41(52)40(31(6)7)49-44(54)56-28-57-62(55,60-45(11,12)13)61-46(14,15)16/h18-24,29-32,34,40,42H,17,25-28H2,1-16H3,(H,49,54)(H2,47,48,53)/t34-,40?,42?/m0/s1. The molecule has 3 amide bonds. The maximum atomic E-state index is 13.6. The highest BCUT2D eigenvalue weighted by molar-refractivity contribution is 7.48. The molecule has 0 bridgehead atoms. The van der Waals surface area contributed by atoms with E-state index in [-0.39, 0.29) is 12.3 Å². The highest BCUT2D eigenvalue weighted by atomic mass is 31.2. The molecule has 0 saturated heterocycles. The molecular formula is C46H75N4O11P. The minimum atomic E-state index is -4.17. The largest absolute Gasteiger partial charge is 0.478 e. The lowest BCUT2D eigenvalue weighted by atomic mass is 9.92. The van der Waals surface area contributed by atoms with Crippen LogP contribution in [0.25, 0.3) is 0 Å². The molecule has 0 aliphatic carbocycles. The Morgan fingerprint density at radius 2 is 1.32 bits per heavy atom. The molecule has 2 aromatic carbocycles. The predicted molar refractivity (Wildman–Crippen MR) is 244 cm³/mol. The maximum Gasteiger partial charge on any atom is 0.478 e. The molecule has 0 spiro atoms. The molecule has 2 aromatic rings. The van der Waals surface area contributed by atoms with Crippen molar-refractivity contribution >= 4 is 48.9 Å². The summed E-state index contributed by atoms with van der Waals surface area (Å²) in [5, 5.41) is 8.46. The molecule has 62 heavy (non-hydrogen) atoms. The summed E-state index contributed by atoms with van der Waals surface area (Å²) >= 11 is 0. The van der Waals surface area contributed by atoms with E-state index in [9.17, 15) is 23.7 Å². The fourth-order valence-electron chi connectivity index (χ4n) is 6.17. The average Bonchev–Trinajstić information content (AvgIpc) is 3.10. The second-order valence-corrected chi connectivity index (χ2v) is 20.7. The number of urea groups is 1. The number of alkyl carbamates (subject to hydrolysis) is 1. The third-order valence-corrected chi connectivity index (χ3v) is 10.8. The zero-order valence-electron chi connectivity index (χ0n) is 40.0. The second-order valence-electron chi connectivity index (χ2n) is 19.2. The van der Waals surface area contributed by atoms with E-state index in [1.54, 1.807) is 69.2 Å². The number of amides is 3. The summed E-state index contributed by atoms with van der Waals surface area (Å²) in [5.41, 5.74) is 2.23. The van der Waals surface area contributed by atoms with Crippen LogP contribution >= 0.6 is 7.82 Å². The van der Waals surface area contributed by atoms with Gasteiger partial charge in [0.25, 0.3) is 0 Å². The van der Waals surface area contributed by atoms with Gasteiger partial charge >= 0.3 is 31.9 Å². The summed E-state index contributed by atoms with van der Waals surface area (Å²) in [7, 11) is -4.17. The maximum absolute atomic E-state index is 13.6. The van der Waals surface area contributed by atoms with Gasteiger partial charge in [-0.25, -0.2) is 23.5 Å². The first-order valence-electron chi connectivity index (χ1n) is 21.6. The monoisotopic (exact) mass is 891 g/mol. The van der Waals surface area contributed by atoms with Gasteiger partial charge in [0.2, 0.25) is 13.1 Å². The van der Waals surface area contributed by atoms with E-state index in [1.165, 1.54) is 0 Å². The summed E-state index contributed by atoms with van der Waals surface area (Å²) in [6.07, 6.45) is -1.78. The van der Waals surface area contributed by atoms with Crippen LogP contribution in [0.5, 0.6) is 0 Å². The first-order chi connectivity index (χ1) is 28.6. The first kappa shape index (κ1) is 54.0. The number of nitrogens with one attached hydrogen (secondary N) is 3. The van der Waals surface area contributed by atoms with Crippen LogP contribution in [0.1, 0.15) is 134 Å². The molecule has 0 fully saturated rings. The van der Waals surface area contributed by atoms with Crippen molar-refractivity contribution in [1.82, 2.24) is 5.32 Å². The Hall–Kier alpha value is -4.17. The number of anilines is 3. The number of hydrogen-bond acceptors (Lipinski definition) is 12. The van der Waals surface area contributed by atoms with Gasteiger partial charge in [0.05, 0.1) is 29.0 Å². The van der Waals surface area contributed by atoms with Gasteiger partial charge in [-0.05, 0) is 108 Å². The Labute approximate surface area is 370 Å². The Kier molecular flexibility index (Phi) is 20.9. The number of hydrogen-bond donors (Lipinski definition) is 3. The van der Waals surface area contributed by atoms with Crippen LogP contribution in [-0.4, -0.2) is 67.5 Å². The van der Waals surface area contributed by atoms with Crippen molar-refractivity contribution in [1.29, 1.82) is 0 Å². The fourth-order valence-corrected chi connectivity index (χ4v) is 7.84. The number of aryl methyl sites for hydroxylation is 1. The predicted octanol–water partition coefficient (Wildman–Crippen LogP) is 11.2. The summed E-state index contributed by atoms with van der Waals surface area (Å²) in [6.45, 7) is 30.2. The van der Waals surface area contributed by atoms with Gasteiger partial charge < -0.3 is 35.1 Å². The number of esters is 2. The molecule has 3 N–H and O–H groups in total. The minimum Gasteiger partial charge on any atom is -0.425 e. The lowest BCUT2D eigenvalue weighted by Crippen LogP contribution is -2.47. The van der Waals surface area contributed by atoms with E-state index in [0.29, 0.717) is 29.6 Å². The quantitative estimate of drug-likeness (QED) is 0.0579. The molecule has 0 aromatic heterocycles. The molecule has 350 valence electrons. The molecule has 0 aliphatic heterocycles. The number of phosphoric ester groups is 1. The second kappa shape index (κ2) is 24.0. The zero-order chi connectivity index (χ0) is 47.2. The number of rotatable bonds is 22. The Balaban J connectivity index is 2.24. The molecule has 3 atom stereocenters. The molecule has 15 nitrogen and oxygen atoms in total. The highest BCUT2D eigenvalue weighted by Gasteiger charge is 2.38. The number of nitrogens with zero attached hydrogens (tertiary/aromatic N) is 1. The van der Waals surface area contributed by atoms with Crippen molar-refractivity contribution in [3.63, 3.8) is 0 Å². The van der Waals surface area contributed by atoms with Crippen molar-refractivity contribution in [2.24, 2.45) is 23.7 Å². The average molecular weight is 891 g/mol. The third-order valence-electron chi connectivity index (χ3n) is 8.86. The number of carbonyl (C=O) groups is 4. The van der Waals surface area contributed by atoms with E-state index < -0.39 is 74.0 Å². The lowest BCUT2D eigenvalue weighted by Gasteiger charge is -2.31. The molecule has 0 aliphatic rings. The molecule has 2 unspecified atom stereocenters. The molecule has 0 saturated carbocycles. The van der Waals surface area contributed by atoms with Crippen LogP contribution in [0.3, 0.4) is 0 Å². The van der Waals surface area contributed by atoms with Gasteiger partial charge in [-0.2, -0.15) is 0 Å². The minimum absolute atomic E-state index is 0.0345. The Bertz CT molecular complexity index is 1770. The van der Waals surface area contributed by atoms with E-state index >= 15 is 0 Å². The number of phosphoric acid groups is 1. The van der Waals surface area contributed by atoms with Crippen LogP contribution in [0.4, 0.5) is 26.7 Å². The smallest absolute Gasteiger partial charge is 0.425 e. The Morgan fingerprint density at radius 1 is 0.758 bits per heavy atom. The number of carbonyl (C=O) groups excluding carboxylic acids is 4. The summed E-state index contributed by atoms with van der Waals surface area (Å²) < 4.78 is 46.2. The van der Waals surface area contributed by atoms with Gasteiger partial charge in [0.1, 0.15) is 6.04 Å². The SMILES string of the molecule is CC[C@@H](CC(=O)OC(OC(=O)C(NC(=O)OCOP(=O)(OC(C)(C)C)OC(C)(C)C)C(C)C)C(C)C)c1ccc(N(CC(C)C)CC(C)C)c(NC(=O)Nc2ccc(C)cc2)c1. The fraction of sp³-hybridized carbons (Fsp3) is 0.652. The van der Waals surface area contributed by atoms with Gasteiger partial charge in [0, 0.05) is 24.7 Å². The molecule has 2 rings (SSSR count). The van der Waals surface area contributed by atoms with E-state index in [0.717, 1.165) is 29.9 Å². The van der Waals surface area contributed by atoms with Gasteiger partial charge in [-0.1, -0.05) is 86.1 Å². The van der Waals surface area contributed by atoms with Crippen molar-refractivity contribution < 1.29 is 51.5 Å². The Morgan fingerprint density at radius 3 is 1.81 bits per heavy atom. The summed E-state index contributed by atoms with van der Waals surface area (Å²) in [5.74, 6) is -1.93. The van der Waals surface area contributed by atoms with Crippen LogP contribution in [0.15, 0.2) is 42.5 Å². The summed E-state index contributed by atoms with van der Waals surface area (Å²) in [6, 6.07) is 11.8. The van der Waals surface area contributed by atoms with Gasteiger partial charge in [0.15, 0.2) is 0 Å². The van der Waals surface area contributed by atoms with Crippen LogP contribution in [0, 0.1) is 30.6 Å². The van der Waals surface area contributed by atoms with Crippen LogP contribution in [-0.2, 0) is 41.9 Å². The normalized spacial score (nSPS) is 13.7. The van der Waals surface area contributed by atoms with Crippen LogP contribution < -0.4 is 20.9 Å². The summed E-state index contributed by atoms with van der Waals surface area (Å²) in [4.78, 5) is 55.6. The van der Waals surface area contributed by atoms with Gasteiger partial charge in [-0.15, -0.1) is 0 Å². The first-order valence-corrected chi connectivity index (χ1v) is 23.1. The van der Waals surface area contributed by atoms with E-state index in [2.05, 4.69) is 48.5 Å². The van der Waals surface area contributed by atoms with Crippen molar-refractivity contribution in [3.8, 4) is 0 Å². The zero-order valence-corrected chi connectivity index (χ0v) is 40.9. The number of ether oxygens (including phenoxy) is 3. The molecule has 16 heteroatoms. The molecule has 0 heterocycles. The lowest BCUT2D eigenvalue weighted by molar-refractivity contribution is -0.198. The molecular weight excluding hydrogens is 815 g/mol.